The Balaban J connectivity index is 1.59. The molecule has 3 heterocycles. The molecule has 1 atom stereocenters. The summed E-state index contributed by atoms with van der Waals surface area (Å²) in [6.45, 7) is 0. The molecule has 122 valence electrons. The number of H-pyrrole nitrogens is 1. The number of hydrogen-bond donors (Lipinski definition) is 1. The zero-order chi connectivity index (χ0) is 16.8. The largest absolute Gasteiger partial charge is 0.345 e. The maximum Gasteiger partial charge on any atom is 0.326 e. The highest BCUT2D eigenvalue weighted by Crippen LogP contribution is 2.22. The Hall–Kier alpha value is -3.23. The van der Waals surface area contributed by atoms with E-state index in [0.29, 0.717) is 11.7 Å². The molecule has 0 radical (unpaired) electrons. The third-order valence-electron chi connectivity index (χ3n) is 4.19. The highest BCUT2D eigenvalue weighted by Gasteiger charge is 2.41. The zero-order valence-electron chi connectivity index (χ0n) is 13.1. The van der Waals surface area contributed by atoms with E-state index < -0.39 is 6.04 Å². The van der Waals surface area contributed by atoms with Crippen LogP contribution in [0.25, 0.3) is 22.4 Å². The number of fused-ring (bicyclic) bond motifs is 1. The van der Waals surface area contributed by atoms with Gasteiger partial charge in [0.2, 0.25) is 11.7 Å². The maximum absolute atomic E-state index is 12.1. The second-order valence-electron chi connectivity index (χ2n) is 5.66. The number of hydrogen-bond acceptors (Lipinski definition) is 6. The van der Waals surface area contributed by atoms with Crippen molar-refractivity contribution in [2.24, 2.45) is 0 Å². The van der Waals surface area contributed by atoms with Gasteiger partial charge in [-0.3, -0.25) is 9.69 Å². The number of nitrogens with one attached hydrogen (secondary N) is 1. The van der Waals surface area contributed by atoms with Crippen molar-refractivity contribution in [1.82, 2.24) is 29.9 Å². The van der Waals surface area contributed by atoms with Crippen LogP contribution in [0, 0.1) is 0 Å². The second-order valence-corrected chi connectivity index (χ2v) is 5.66. The van der Waals surface area contributed by atoms with Crippen molar-refractivity contribution in [3.05, 3.63) is 30.4 Å². The zero-order valence-corrected chi connectivity index (χ0v) is 13.1. The van der Waals surface area contributed by atoms with Crippen LogP contribution in [0.2, 0.25) is 0 Å². The summed E-state index contributed by atoms with van der Waals surface area (Å²) in [4.78, 5) is 37.9. The Kier molecular flexibility index (Phi) is 3.08. The number of rotatable bonds is 3. The highest BCUT2D eigenvalue weighted by atomic mass is 16.5. The van der Waals surface area contributed by atoms with Crippen molar-refractivity contribution < 1.29 is 14.1 Å². The first-order chi connectivity index (χ1) is 11.5. The van der Waals surface area contributed by atoms with Crippen molar-refractivity contribution in [3.8, 4) is 11.4 Å². The fourth-order valence-corrected chi connectivity index (χ4v) is 2.77. The van der Waals surface area contributed by atoms with Crippen LogP contribution in [0.4, 0.5) is 4.79 Å². The van der Waals surface area contributed by atoms with Crippen LogP contribution in [0.15, 0.2) is 29.0 Å². The second kappa shape index (κ2) is 5.15. The van der Waals surface area contributed by atoms with Gasteiger partial charge in [-0.05, 0) is 18.2 Å². The third kappa shape index (κ3) is 2.13. The van der Waals surface area contributed by atoms with E-state index in [-0.39, 0.29) is 18.4 Å². The van der Waals surface area contributed by atoms with Crippen LogP contribution < -0.4 is 0 Å². The molecule has 1 aromatic carbocycles. The van der Waals surface area contributed by atoms with E-state index in [4.69, 9.17) is 4.52 Å². The van der Waals surface area contributed by atoms with Crippen LogP contribution >= 0.6 is 0 Å². The van der Waals surface area contributed by atoms with E-state index in [1.807, 2.05) is 18.2 Å². The van der Waals surface area contributed by atoms with Gasteiger partial charge in [-0.15, -0.1) is 0 Å². The number of urea groups is 1. The van der Waals surface area contributed by atoms with Crippen molar-refractivity contribution in [1.29, 1.82) is 0 Å². The minimum Gasteiger partial charge on any atom is -0.345 e. The fourth-order valence-electron chi connectivity index (χ4n) is 2.77. The molecule has 0 saturated carbocycles. The SMILES string of the molecule is CN1C(=O)C(Cc2nc(-c3ccc4nc[nH]c4c3)no2)N(C)C1=O. The van der Waals surface area contributed by atoms with E-state index in [0.717, 1.165) is 21.5 Å². The molecule has 0 aliphatic carbocycles. The first-order valence-corrected chi connectivity index (χ1v) is 7.35. The molecule has 0 spiro atoms. The smallest absolute Gasteiger partial charge is 0.326 e. The highest BCUT2D eigenvalue weighted by molar-refractivity contribution is 6.03. The van der Waals surface area contributed by atoms with Gasteiger partial charge in [0.05, 0.1) is 23.8 Å². The van der Waals surface area contributed by atoms with E-state index in [1.165, 1.54) is 11.9 Å². The van der Waals surface area contributed by atoms with Gasteiger partial charge in [0.15, 0.2) is 0 Å². The van der Waals surface area contributed by atoms with Gasteiger partial charge in [0.25, 0.3) is 5.91 Å². The summed E-state index contributed by atoms with van der Waals surface area (Å²) >= 11 is 0. The number of imide groups is 1. The first-order valence-electron chi connectivity index (χ1n) is 7.35. The van der Waals surface area contributed by atoms with Crippen molar-refractivity contribution in [2.75, 3.05) is 14.1 Å². The Morgan fingerprint density at radius 3 is 2.88 bits per heavy atom. The van der Waals surface area contributed by atoms with Crippen LogP contribution in [-0.4, -0.2) is 62.0 Å². The van der Waals surface area contributed by atoms with E-state index in [1.54, 1.807) is 13.4 Å². The molecule has 3 amide bonds. The molecular formula is C15H14N6O3. The maximum atomic E-state index is 12.1. The number of likely N-dealkylation sites (N-methyl/N-ethyl adjacent to an activating group) is 2. The van der Waals surface area contributed by atoms with Gasteiger partial charge >= 0.3 is 6.03 Å². The Morgan fingerprint density at radius 2 is 2.12 bits per heavy atom. The molecular weight excluding hydrogens is 312 g/mol. The van der Waals surface area contributed by atoms with Crippen LogP contribution in [-0.2, 0) is 11.2 Å². The topological polar surface area (TPSA) is 108 Å². The Morgan fingerprint density at radius 1 is 1.29 bits per heavy atom. The van der Waals surface area contributed by atoms with Gasteiger partial charge < -0.3 is 14.4 Å². The van der Waals surface area contributed by atoms with Gasteiger partial charge in [0, 0.05) is 19.7 Å². The van der Waals surface area contributed by atoms with Crippen LogP contribution in [0.5, 0.6) is 0 Å². The minimum atomic E-state index is -0.620. The number of amides is 3. The standard InChI is InChI=1S/C15H14N6O3/c1-20-11(14(22)21(2)15(20)23)6-12-18-13(19-24-12)8-3-4-9-10(5-8)17-7-16-9/h3-5,7,11H,6H2,1-2H3,(H,16,17). The molecule has 1 unspecified atom stereocenters. The van der Waals surface area contributed by atoms with Gasteiger partial charge in [-0.1, -0.05) is 5.16 Å². The number of carbonyl (C=O) groups excluding carboxylic acids is 2. The molecule has 1 aliphatic rings. The number of carbonyl (C=O) groups is 2. The molecule has 9 nitrogen and oxygen atoms in total. The summed E-state index contributed by atoms with van der Waals surface area (Å²) in [5.74, 6) is 0.457. The predicted octanol–water partition coefficient (Wildman–Crippen LogP) is 1.05. The van der Waals surface area contributed by atoms with Crippen molar-refractivity contribution in [2.45, 2.75) is 12.5 Å². The van der Waals surface area contributed by atoms with Crippen molar-refractivity contribution >= 4 is 23.0 Å². The Bertz CT molecular complexity index is 945. The molecule has 24 heavy (non-hydrogen) atoms. The number of benzene rings is 1. The molecule has 1 aliphatic heterocycles. The summed E-state index contributed by atoms with van der Waals surface area (Å²) < 4.78 is 5.25. The van der Waals surface area contributed by atoms with E-state index in [2.05, 4.69) is 20.1 Å². The summed E-state index contributed by atoms with van der Waals surface area (Å²) in [5, 5.41) is 3.96. The average Bonchev–Trinajstić information content (AvgIpc) is 3.28. The lowest BCUT2D eigenvalue weighted by atomic mass is 10.2. The number of nitrogens with zero attached hydrogens (tertiary/aromatic N) is 5. The molecule has 3 aromatic rings. The molecule has 9 heteroatoms. The summed E-state index contributed by atoms with van der Waals surface area (Å²) in [5.41, 5.74) is 2.50. The normalized spacial score (nSPS) is 18.2. The number of aromatic amines is 1. The van der Waals surface area contributed by atoms with E-state index >= 15 is 0 Å². The van der Waals surface area contributed by atoms with Gasteiger partial charge in [0.1, 0.15) is 6.04 Å². The average molecular weight is 326 g/mol. The summed E-state index contributed by atoms with van der Waals surface area (Å²) in [7, 11) is 3.04. The lowest BCUT2D eigenvalue weighted by molar-refractivity contribution is -0.127. The molecule has 2 aromatic heterocycles. The minimum absolute atomic E-state index is 0.185. The molecule has 0 bridgehead atoms. The monoisotopic (exact) mass is 326 g/mol. The quantitative estimate of drug-likeness (QED) is 0.721. The lowest BCUT2D eigenvalue weighted by Gasteiger charge is -2.13. The summed E-state index contributed by atoms with van der Waals surface area (Å²) in [6.07, 6.45) is 1.80. The fraction of sp³-hybridized carbons (Fsp3) is 0.267. The molecule has 1 fully saturated rings. The van der Waals surface area contributed by atoms with Crippen molar-refractivity contribution in [3.63, 3.8) is 0 Å². The molecule has 4 rings (SSSR count). The van der Waals surface area contributed by atoms with Gasteiger partial charge in [-0.25, -0.2) is 9.78 Å². The number of imidazole rings is 1. The lowest BCUT2D eigenvalue weighted by Crippen LogP contribution is -2.33. The number of aromatic nitrogens is 4. The summed E-state index contributed by atoms with van der Waals surface area (Å²) in [6, 6.07) is 4.63. The first kappa shape index (κ1) is 14.4. The Labute approximate surface area is 136 Å². The van der Waals surface area contributed by atoms with Crippen LogP contribution in [0.3, 0.4) is 0 Å². The molecule has 1 saturated heterocycles. The third-order valence-corrected chi connectivity index (χ3v) is 4.19. The predicted molar refractivity (Wildman–Crippen MR) is 82.8 cm³/mol. The molecule has 1 N–H and O–H groups in total. The van der Waals surface area contributed by atoms with E-state index in [9.17, 15) is 9.59 Å². The van der Waals surface area contributed by atoms with Crippen LogP contribution in [0.1, 0.15) is 5.89 Å². The van der Waals surface area contributed by atoms with Gasteiger partial charge in [-0.2, -0.15) is 4.98 Å².